The molecule has 14 heavy (non-hydrogen) atoms. The van der Waals surface area contributed by atoms with Crippen LogP contribution >= 0.6 is 15.9 Å². The van der Waals surface area contributed by atoms with Crippen molar-refractivity contribution in [3.63, 3.8) is 0 Å². The Morgan fingerprint density at radius 1 is 1.21 bits per heavy atom. The number of furan rings is 1. The zero-order chi connectivity index (χ0) is 10.3. The Labute approximate surface area is 92.2 Å². The first-order valence-corrected chi connectivity index (χ1v) is 5.45. The van der Waals surface area contributed by atoms with Crippen molar-refractivity contribution in [1.82, 2.24) is 0 Å². The van der Waals surface area contributed by atoms with E-state index in [1.54, 1.807) is 0 Å². The van der Waals surface area contributed by atoms with Crippen LogP contribution in [0.2, 0.25) is 0 Å². The van der Waals surface area contributed by atoms with Gasteiger partial charge >= 0.3 is 0 Å². The largest absolute Gasteiger partial charge is 0.464 e. The molecule has 0 aliphatic rings. The highest BCUT2D eigenvalue weighted by molar-refractivity contribution is 9.10. The van der Waals surface area contributed by atoms with E-state index in [9.17, 15) is 0 Å². The van der Waals surface area contributed by atoms with Gasteiger partial charge in [0.25, 0.3) is 0 Å². The van der Waals surface area contributed by atoms with Gasteiger partial charge in [0.15, 0.2) is 0 Å². The highest BCUT2D eigenvalue weighted by Crippen LogP contribution is 2.35. The molecule has 0 N–H and O–H groups in total. The molecule has 2 rings (SSSR count). The summed E-state index contributed by atoms with van der Waals surface area (Å²) in [6.07, 6.45) is 1.86. The Morgan fingerprint density at radius 2 is 1.93 bits per heavy atom. The summed E-state index contributed by atoms with van der Waals surface area (Å²) in [5.74, 6) is 0. The third kappa shape index (κ3) is 1.48. The second kappa shape index (κ2) is 3.13. The molecule has 0 atom stereocenters. The fourth-order valence-corrected chi connectivity index (χ4v) is 2.16. The van der Waals surface area contributed by atoms with Gasteiger partial charge in [-0.2, -0.15) is 0 Å². The van der Waals surface area contributed by atoms with Crippen LogP contribution in [0.25, 0.3) is 11.0 Å². The minimum atomic E-state index is 0.120. The quantitative estimate of drug-likeness (QED) is 0.674. The van der Waals surface area contributed by atoms with Crippen LogP contribution in [0.4, 0.5) is 0 Å². The number of halogens is 1. The lowest BCUT2D eigenvalue weighted by atomic mass is 9.87. The first kappa shape index (κ1) is 9.78. The van der Waals surface area contributed by atoms with Crippen molar-refractivity contribution in [2.24, 2.45) is 0 Å². The van der Waals surface area contributed by atoms with Gasteiger partial charge in [-0.25, -0.2) is 0 Å². The van der Waals surface area contributed by atoms with E-state index in [4.69, 9.17) is 4.42 Å². The lowest BCUT2D eigenvalue weighted by molar-refractivity contribution is 0.557. The minimum absolute atomic E-state index is 0.120. The summed E-state index contributed by atoms with van der Waals surface area (Å²) in [5, 5.41) is 1.19. The van der Waals surface area contributed by atoms with Gasteiger partial charge in [-0.1, -0.05) is 42.8 Å². The van der Waals surface area contributed by atoms with Crippen molar-refractivity contribution in [2.45, 2.75) is 26.2 Å². The number of benzene rings is 1. The summed E-state index contributed by atoms with van der Waals surface area (Å²) in [4.78, 5) is 0. The molecule has 1 aromatic carbocycles. The topological polar surface area (TPSA) is 13.1 Å². The first-order valence-electron chi connectivity index (χ1n) is 4.66. The fraction of sp³-hybridized carbons (Fsp3) is 0.333. The van der Waals surface area contributed by atoms with E-state index in [2.05, 4.69) is 36.7 Å². The van der Waals surface area contributed by atoms with Crippen molar-refractivity contribution in [3.8, 4) is 0 Å². The third-order valence-corrected chi connectivity index (χ3v) is 3.02. The summed E-state index contributed by atoms with van der Waals surface area (Å²) in [6, 6.07) is 6.03. The summed E-state index contributed by atoms with van der Waals surface area (Å²) in [5.41, 5.74) is 2.32. The molecule has 0 aliphatic carbocycles. The molecule has 74 valence electrons. The third-order valence-electron chi connectivity index (χ3n) is 2.36. The van der Waals surface area contributed by atoms with E-state index >= 15 is 0 Å². The van der Waals surface area contributed by atoms with Gasteiger partial charge < -0.3 is 4.42 Å². The molecule has 0 spiro atoms. The lowest BCUT2D eigenvalue weighted by Crippen LogP contribution is -2.09. The van der Waals surface area contributed by atoms with Crippen LogP contribution in [0.5, 0.6) is 0 Å². The van der Waals surface area contributed by atoms with Gasteiger partial charge in [-0.3, -0.25) is 0 Å². The highest BCUT2D eigenvalue weighted by Gasteiger charge is 2.20. The Morgan fingerprint density at radius 3 is 2.57 bits per heavy atom. The van der Waals surface area contributed by atoms with E-state index in [-0.39, 0.29) is 5.41 Å². The maximum atomic E-state index is 5.53. The second-order valence-corrected chi connectivity index (χ2v) is 5.37. The Kier molecular flexibility index (Phi) is 2.18. The van der Waals surface area contributed by atoms with Crippen molar-refractivity contribution in [3.05, 3.63) is 34.5 Å². The summed E-state index contributed by atoms with van der Waals surface area (Å²) in [7, 11) is 0. The van der Waals surface area contributed by atoms with Gasteiger partial charge in [-0.15, -0.1) is 0 Å². The molecule has 0 radical (unpaired) electrons. The van der Waals surface area contributed by atoms with E-state index in [0.29, 0.717) is 0 Å². The average Bonchev–Trinajstić information content (AvgIpc) is 2.47. The normalized spacial score (nSPS) is 12.3. The predicted octanol–water partition coefficient (Wildman–Crippen LogP) is 4.49. The molecular weight excluding hydrogens is 240 g/mol. The van der Waals surface area contributed by atoms with Crippen LogP contribution in [0.15, 0.2) is 33.4 Å². The summed E-state index contributed by atoms with van der Waals surface area (Å²) >= 11 is 3.56. The van der Waals surface area contributed by atoms with E-state index in [1.165, 1.54) is 10.9 Å². The van der Waals surface area contributed by atoms with Gasteiger partial charge in [0.2, 0.25) is 0 Å². The van der Waals surface area contributed by atoms with Gasteiger partial charge in [0, 0.05) is 15.4 Å². The van der Waals surface area contributed by atoms with Crippen LogP contribution in [-0.4, -0.2) is 0 Å². The molecule has 0 amide bonds. The first-order chi connectivity index (χ1) is 6.50. The summed E-state index contributed by atoms with van der Waals surface area (Å²) < 4.78 is 6.63. The van der Waals surface area contributed by atoms with Crippen molar-refractivity contribution >= 4 is 26.9 Å². The van der Waals surface area contributed by atoms with E-state index < -0.39 is 0 Å². The lowest BCUT2D eigenvalue weighted by Gasteiger charge is -2.16. The molecule has 2 aromatic rings. The molecule has 0 saturated heterocycles. The standard InChI is InChI=1S/C12H13BrO/c1-12(2,3)8-7-14-10-6-4-5-9(13)11(8)10/h4-7H,1-3H3. The molecule has 1 aromatic heterocycles. The molecule has 2 heteroatoms. The molecule has 0 aliphatic heterocycles. The maximum Gasteiger partial charge on any atom is 0.135 e. The zero-order valence-electron chi connectivity index (χ0n) is 8.60. The number of hydrogen-bond donors (Lipinski definition) is 0. The van der Waals surface area contributed by atoms with Crippen LogP contribution in [0.1, 0.15) is 26.3 Å². The Hall–Kier alpha value is -0.760. The summed E-state index contributed by atoms with van der Waals surface area (Å²) in [6.45, 7) is 6.57. The molecule has 1 nitrogen and oxygen atoms in total. The van der Waals surface area contributed by atoms with E-state index in [1.807, 2.05) is 24.5 Å². The number of hydrogen-bond acceptors (Lipinski definition) is 1. The van der Waals surface area contributed by atoms with E-state index in [0.717, 1.165) is 10.1 Å². The van der Waals surface area contributed by atoms with Gasteiger partial charge in [0.1, 0.15) is 5.58 Å². The van der Waals surface area contributed by atoms with Gasteiger partial charge in [-0.05, 0) is 17.5 Å². The molecular formula is C12H13BrO. The highest BCUT2D eigenvalue weighted by atomic mass is 79.9. The number of rotatable bonds is 0. The Balaban J connectivity index is 2.80. The fourth-order valence-electron chi connectivity index (χ4n) is 1.60. The van der Waals surface area contributed by atoms with Crippen LogP contribution in [-0.2, 0) is 5.41 Å². The smallest absolute Gasteiger partial charge is 0.135 e. The monoisotopic (exact) mass is 252 g/mol. The molecule has 0 bridgehead atoms. The number of fused-ring (bicyclic) bond motifs is 1. The van der Waals surface area contributed by atoms with Crippen molar-refractivity contribution in [2.75, 3.05) is 0 Å². The molecule has 0 saturated carbocycles. The van der Waals surface area contributed by atoms with Crippen molar-refractivity contribution < 1.29 is 4.42 Å². The zero-order valence-corrected chi connectivity index (χ0v) is 10.2. The van der Waals surface area contributed by atoms with Gasteiger partial charge in [0.05, 0.1) is 6.26 Å². The van der Waals surface area contributed by atoms with Crippen LogP contribution < -0.4 is 0 Å². The SMILES string of the molecule is CC(C)(C)c1coc2cccc(Br)c12. The van der Waals surface area contributed by atoms with Crippen LogP contribution in [0.3, 0.4) is 0 Å². The minimum Gasteiger partial charge on any atom is -0.464 e. The molecule has 0 fully saturated rings. The second-order valence-electron chi connectivity index (χ2n) is 4.51. The molecule has 1 heterocycles. The average molecular weight is 253 g/mol. The van der Waals surface area contributed by atoms with Crippen molar-refractivity contribution in [1.29, 1.82) is 0 Å². The maximum absolute atomic E-state index is 5.53. The van der Waals surface area contributed by atoms with Crippen LogP contribution in [0, 0.1) is 0 Å². The Bertz CT molecular complexity index is 463. The molecule has 0 unspecified atom stereocenters. The predicted molar refractivity (Wildman–Crippen MR) is 62.6 cm³/mol.